The minimum atomic E-state index is 0.00173. The standard InChI is InChI=1S/C24H30N6O2/c1-18-17-21(28(2)27-18)24(32)29-15-12-20(13-16-29)30-22(11-14-25-30)26-23(31)10-6-9-19-7-4-3-5-8-19/h3-5,7-8,11,14,17,20H,6,9-10,12-13,15-16H2,1-2H3,(H,26,31). The molecular weight excluding hydrogens is 404 g/mol. The fourth-order valence-electron chi connectivity index (χ4n) is 4.29. The number of benzene rings is 1. The number of aryl methyl sites for hydroxylation is 3. The SMILES string of the molecule is Cc1cc(C(=O)N2CCC(n3nccc3NC(=O)CCCc3ccccc3)CC2)n(C)n1. The van der Waals surface area contributed by atoms with Gasteiger partial charge in [0.05, 0.1) is 17.9 Å². The van der Waals surface area contributed by atoms with Crippen molar-refractivity contribution in [3.05, 3.63) is 65.6 Å². The highest BCUT2D eigenvalue weighted by atomic mass is 16.2. The van der Waals surface area contributed by atoms with Gasteiger partial charge in [0.15, 0.2) is 0 Å². The van der Waals surface area contributed by atoms with Gasteiger partial charge in [-0.1, -0.05) is 30.3 Å². The van der Waals surface area contributed by atoms with Gasteiger partial charge in [0, 0.05) is 32.6 Å². The van der Waals surface area contributed by atoms with Gasteiger partial charge in [-0.15, -0.1) is 0 Å². The van der Waals surface area contributed by atoms with E-state index in [9.17, 15) is 9.59 Å². The summed E-state index contributed by atoms with van der Waals surface area (Å²) >= 11 is 0. The molecule has 1 aliphatic heterocycles. The minimum absolute atomic E-state index is 0.00173. The van der Waals surface area contributed by atoms with Crippen LogP contribution < -0.4 is 5.32 Å². The number of hydrogen-bond acceptors (Lipinski definition) is 4. The number of rotatable bonds is 7. The van der Waals surface area contributed by atoms with Gasteiger partial charge in [-0.05, 0) is 44.2 Å². The summed E-state index contributed by atoms with van der Waals surface area (Å²) in [5, 5.41) is 11.7. The molecule has 0 spiro atoms. The molecule has 8 heteroatoms. The summed E-state index contributed by atoms with van der Waals surface area (Å²) in [7, 11) is 1.80. The molecule has 0 atom stereocenters. The van der Waals surface area contributed by atoms with E-state index in [2.05, 4.69) is 27.6 Å². The lowest BCUT2D eigenvalue weighted by Gasteiger charge is -2.32. The van der Waals surface area contributed by atoms with Crippen LogP contribution in [-0.2, 0) is 18.3 Å². The van der Waals surface area contributed by atoms with E-state index in [0.29, 0.717) is 25.2 Å². The third-order valence-corrected chi connectivity index (χ3v) is 5.97. The van der Waals surface area contributed by atoms with Crippen molar-refractivity contribution in [1.29, 1.82) is 0 Å². The summed E-state index contributed by atoms with van der Waals surface area (Å²) < 4.78 is 3.54. The number of nitrogens with zero attached hydrogens (tertiary/aromatic N) is 5. The molecule has 2 amide bonds. The maximum atomic E-state index is 12.8. The van der Waals surface area contributed by atoms with Crippen LogP contribution in [0.15, 0.2) is 48.7 Å². The summed E-state index contributed by atoms with van der Waals surface area (Å²) in [6.45, 7) is 3.19. The van der Waals surface area contributed by atoms with Gasteiger partial charge in [-0.25, -0.2) is 4.68 Å². The zero-order chi connectivity index (χ0) is 22.5. The van der Waals surface area contributed by atoms with Crippen molar-refractivity contribution in [2.75, 3.05) is 18.4 Å². The average molecular weight is 435 g/mol. The fraction of sp³-hybridized carbons (Fsp3) is 0.417. The Morgan fingerprint density at radius 1 is 1.12 bits per heavy atom. The van der Waals surface area contributed by atoms with Gasteiger partial charge in [0.1, 0.15) is 11.5 Å². The zero-order valence-corrected chi connectivity index (χ0v) is 18.7. The molecule has 1 fully saturated rings. The summed E-state index contributed by atoms with van der Waals surface area (Å²) in [4.78, 5) is 27.2. The van der Waals surface area contributed by atoms with Crippen molar-refractivity contribution in [3.8, 4) is 0 Å². The third-order valence-electron chi connectivity index (χ3n) is 5.97. The number of hydrogen-bond donors (Lipinski definition) is 1. The average Bonchev–Trinajstić information content (AvgIpc) is 3.39. The lowest BCUT2D eigenvalue weighted by atomic mass is 10.0. The molecule has 1 N–H and O–H groups in total. The lowest BCUT2D eigenvalue weighted by molar-refractivity contribution is -0.116. The Hall–Kier alpha value is -3.42. The van der Waals surface area contributed by atoms with Crippen LogP contribution in [0.2, 0.25) is 0 Å². The maximum absolute atomic E-state index is 12.8. The summed E-state index contributed by atoms with van der Waals surface area (Å²) in [5.41, 5.74) is 2.70. The predicted octanol–water partition coefficient (Wildman–Crippen LogP) is 3.36. The van der Waals surface area contributed by atoms with Crippen LogP contribution in [0.4, 0.5) is 5.82 Å². The van der Waals surface area contributed by atoms with Crippen LogP contribution in [0.25, 0.3) is 0 Å². The molecule has 0 radical (unpaired) electrons. The van der Waals surface area contributed by atoms with Crippen LogP contribution in [-0.4, -0.2) is 49.4 Å². The summed E-state index contributed by atoms with van der Waals surface area (Å²) in [6, 6.07) is 14.0. The van der Waals surface area contributed by atoms with E-state index < -0.39 is 0 Å². The number of aromatic nitrogens is 4. The Balaban J connectivity index is 1.28. The summed E-state index contributed by atoms with van der Waals surface area (Å²) in [5.74, 6) is 0.738. The van der Waals surface area contributed by atoms with E-state index in [1.165, 1.54) is 5.56 Å². The van der Waals surface area contributed by atoms with Gasteiger partial charge in [0.25, 0.3) is 5.91 Å². The molecule has 0 unspecified atom stereocenters. The molecule has 0 saturated carbocycles. The first-order chi connectivity index (χ1) is 15.5. The van der Waals surface area contributed by atoms with Gasteiger partial charge in [-0.3, -0.25) is 14.3 Å². The molecule has 3 heterocycles. The van der Waals surface area contributed by atoms with Crippen molar-refractivity contribution in [2.24, 2.45) is 7.05 Å². The number of piperidine rings is 1. The van der Waals surface area contributed by atoms with Crippen molar-refractivity contribution in [2.45, 2.75) is 45.1 Å². The van der Waals surface area contributed by atoms with Crippen molar-refractivity contribution >= 4 is 17.6 Å². The van der Waals surface area contributed by atoms with Crippen molar-refractivity contribution in [3.63, 3.8) is 0 Å². The maximum Gasteiger partial charge on any atom is 0.272 e. The zero-order valence-electron chi connectivity index (χ0n) is 18.7. The van der Waals surface area contributed by atoms with Gasteiger partial charge in [-0.2, -0.15) is 10.2 Å². The van der Waals surface area contributed by atoms with E-state index in [4.69, 9.17) is 0 Å². The van der Waals surface area contributed by atoms with Gasteiger partial charge >= 0.3 is 0 Å². The largest absolute Gasteiger partial charge is 0.337 e. The Kier molecular flexibility index (Phi) is 6.68. The Morgan fingerprint density at radius 3 is 2.56 bits per heavy atom. The van der Waals surface area contributed by atoms with Crippen molar-refractivity contribution < 1.29 is 9.59 Å². The molecule has 3 aromatic rings. The lowest BCUT2D eigenvalue weighted by Crippen LogP contribution is -2.40. The highest BCUT2D eigenvalue weighted by Crippen LogP contribution is 2.26. The van der Waals surface area contributed by atoms with E-state index >= 15 is 0 Å². The Labute approximate surface area is 188 Å². The van der Waals surface area contributed by atoms with Gasteiger partial charge in [0.2, 0.25) is 5.91 Å². The fourth-order valence-corrected chi connectivity index (χ4v) is 4.29. The first-order valence-corrected chi connectivity index (χ1v) is 11.2. The van der Waals surface area contributed by atoms with E-state index in [1.54, 1.807) is 17.9 Å². The third kappa shape index (κ3) is 5.07. The molecule has 1 aliphatic rings. The Bertz CT molecular complexity index is 1060. The number of likely N-dealkylation sites (tertiary alicyclic amines) is 1. The van der Waals surface area contributed by atoms with E-state index in [0.717, 1.165) is 37.2 Å². The number of anilines is 1. The smallest absolute Gasteiger partial charge is 0.272 e. The molecule has 168 valence electrons. The second-order valence-corrected chi connectivity index (χ2v) is 8.37. The predicted molar refractivity (Wildman–Crippen MR) is 122 cm³/mol. The van der Waals surface area contributed by atoms with Crippen LogP contribution in [0, 0.1) is 6.92 Å². The molecule has 8 nitrogen and oxygen atoms in total. The minimum Gasteiger partial charge on any atom is -0.337 e. The van der Waals surface area contributed by atoms with E-state index in [1.807, 2.05) is 46.8 Å². The second-order valence-electron chi connectivity index (χ2n) is 8.37. The number of amides is 2. The van der Waals surface area contributed by atoms with E-state index in [-0.39, 0.29) is 17.9 Å². The van der Waals surface area contributed by atoms with Crippen LogP contribution in [0.1, 0.15) is 53.5 Å². The first kappa shape index (κ1) is 21.8. The van der Waals surface area contributed by atoms with Crippen molar-refractivity contribution in [1.82, 2.24) is 24.5 Å². The van der Waals surface area contributed by atoms with Gasteiger partial charge < -0.3 is 10.2 Å². The Morgan fingerprint density at radius 2 is 1.88 bits per heavy atom. The molecule has 0 aliphatic carbocycles. The monoisotopic (exact) mass is 434 g/mol. The van der Waals surface area contributed by atoms with Crippen LogP contribution in [0.3, 0.4) is 0 Å². The molecule has 4 rings (SSSR count). The summed E-state index contributed by atoms with van der Waals surface area (Å²) in [6.07, 6.45) is 5.46. The highest BCUT2D eigenvalue weighted by molar-refractivity contribution is 5.92. The second kappa shape index (κ2) is 9.80. The molecule has 2 aromatic heterocycles. The molecule has 0 bridgehead atoms. The topological polar surface area (TPSA) is 85.0 Å². The molecule has 32 heavy (non-hydrogen) atoms. The number of nitrogens with one attached hydrogen (secondary N) is 1. The molecule has 1 saturated heterocycles. The first-order valence-electron chi connectivity index (χ1n) is 11.2. The molecule has 1 aromatic carbocycles. The quantitative estimate of drug-likeness (QED) is 0.618. The highest BCUT2D eigenvalue weighted by Gasteiger charge is 2.27. The number of carbonyl (C=O) groups excluding carboxylic acids is 2. The normalized spacial score (nSPS) is 14.5. The molecular formula is C24H30N6O2. The van der Waals surface area contributed by atoms with Crippen LogP contribution in [0.5, 0.6) is 0 Å². The number of carbonyl (C=O) groups is 2. The van der Waals surface area contributed by atoms with Crippen LogP contribution >= 0.6 is 0 Å².